The van der Waals surface area contributed by atoms with Gasteiger partial charge in [-0.25, -0.2) is 0 Å². The highest BCUT2D eigenvalue weighted by molar-refractivity contribution is 5.98. The third-order valence-corrected chi connectivity index (χ3v) is 3.25. The Morgan fingerprint density at radius 3 is 2.58 bits per heavy atom. The molecule has 1 aliphatic rings. The average Bonchev–Trinajstić information content (AvgIpc) is 2.62. The van der Waals surface area contributed by atoms with E-state index in [1.165, 1.54) is 5.56 Å². The molecule has 0 bridgehead atoms. The summed E-state index contributed by atoms with van der Waals surface area (Å²) < 4.78 is 5.55. The average molecular weight is 253 g/mol. The Morgan fingerprint density at radius 1 is 1.05 bits per heavy atom. The van der Waals surface area contributed by atoms with Crippen molar-refractivity contribution in [2.75, 3.05) is 13.2 Å². The Bertz CT molecular complexity index is 617. The van der Waals surface area contributed by atoms with Crippen LogP contribution in [0.25, 0.3) is 11.1 Å². The maximum absolute atomic E-state index is 12.0. The maximum atomic E-state index is 12.0. The molecule has 19 heavy (non-hydrogen) atoms. The number of aryl methyl sites for hydroxylation is 1. The predicted octanol–water partition coefficient (Wildman–Crippen LogP) is 2.78. The lowest BCUT2D eigenvalue weighted by Crippen LogP contribution is -2.24. The van der Waals surface area contributed by atoms with Crippen LogP contribution in [0.2, 0.25) is 0 Å². The van der Waals surface area contributed by atoms with E-state index < -0.39 is 0 Å². The van der Waals surface area contributed by atoms with Crippen molar-refractivity contribution in [3.8, 4) is 16.9 Å². The van der Waals surface area contributed by atoms with Crippen molar-refractivity contribution in [1.29, 1.82) is 0 Å². The predicted molar refractivity (Wildman–Crippen MR) is 74.4 cm³/mol. The first kappa shape index (κ1) is 11.8. The number of hydrogen-bond acceptors (Lipinski definition) is 2. The smallest absolute Gasteiger partial charge is 0.255 e. The molecule has 0 unspecified atom stereocenters. The number of carbonyl (C=O) groups is 1. The van der Waals surface area contributed by atoms with Gasteiger partial charge in [-0.2, -0.15) is 0 Å². The van der Waals surface area contributed by atoms with Crippen molar-refractivity contribution in [2.24, 2.45) is 0 Å². The molecule has 0 fully saturated rings. The molecule has 96 valence electrons. The molecule has 0 spiro atoms. The summed E-state index contributed by atoms with van der Waals surface area (Å²) >= 11 is 0. The largest absolute Gasteiger partial charge is 0.491 e. The molecule has 1 aliphatic heterocycles. The molecule has 0 aliphatic carbocycles. The molecule has 0 aromatic heterocycles. The minimum atomic E-state index is -0.0681. The molecular weight excluding hydrogens is 238 g/mol. The third-order valence-electron chi connectivity index (χ3n) is 3.25. The molecule has 0 radical (unpaired) electrons. The molecular formula is C16H15NO2. The Hall–Kier alpha value is -2.29. The lowest BCUT2D eigenvalue weighted by atomic mass is 10.0. The zero-order valence-electron chi connectivity index (χ0n) is 10.8. The van der Waals surface area contributed by atoms with E-state index in [1.54, 1.807) is 0 Å². The fraction of sp³-hybridized carbons (Fsp3) is 0.188. The second-order valence-electron chi connectivity index (χ2n) is 4.68. The van der Waals surface area contributed by atoms with Crippen LogP contribution in [0, 0.1) is 6.92 Å². The molecule has 0 atom stereocenters. The Morgan fingerprint density at radius 2 is 1.79 bits per heavy atom. The Balaban J connectivity index is 2.05. The van der Waals surface area contributed by atoms with Crippen molar-refractivity contribution in [1.82, 2.24) is 5.32 Å². The number of fused-ring (bicyclic) bond motifs is 1. The standard InChI is InChI=1S/C16H15NO2/c1-11-2-4-12(5-3-11)13-6-7-15-14(10-13)16(18)17-8-9-19-15/h2-7,10H,8-9H2,1H3,(H,17,18). The minimum absolute atomic E-state index is 0.0681. The van der Waals surface area contributed by atoms with Gasteiger partial charge in [-0.1, -0.05) is 35.9 Å². The van der Waals surface area contributed by atoms with Gasteiger partial charge < -0.3 is 10.1 Å². The summed E-state index contributed by atoms with van der Waals surface area (Å²) in [5.41, 5.74) is 3.96. The lowest BCUT2D eigenvalue weighted by molar-refractivity contribution is 0.0957. The monoisotopic (exact) mass is 253 g/mol. The quantitative estimate of drug-likeness (QED) is 0.848. The van der Waals surface area contributed by atoms with Crippen LogP contribution in [0.4, 0.5) is 0 Å². The number of rotatable bonds is 1. The van der Waals surface area contributed by atoms with Crippen LogP contribution in [-0.2, 0) is 0 Å². The van der Waals surface area contributed by atoms with E-state index in [2.05, 4.69) is 36.5 Å². The molecule has 1 amide bonds. The van der Waals surface area contributed by atoms with Gasteiger partial charge in [-0.15, -0.1) is 0 Å². The van der Waals surface area contributed by atoms with Crippen LogP contribution >= 0.6 is 0 Å². The van der Waals surface area contributed by atoms with Gasteiger partial charge in [-0.05, 0) is 30.2 Å². The van der Waals surface area contributed by atoms with Crippen molar-refractivity contribution in [3.63, 3.8) is 0 Å². The van der Waals surface area contributed by atoms with Crippen LogP contribution in [0.15, 0.2) is 42.5 Å². The zero-order chi connectivity index (χ0) is 13.2. The number of amides is 1. The highest BCUT2D eigenvalue weighted by Gasteiger charge is 2.16. The van der Waals surface area contributed by atoms with E-state index in [4.69, 9.17) is 4.74 Å². The zero-order valence-corrected chi connectivity index (χ0v) is 10.8. The molecule has 3 nitrogen and oxygen atoms in total. The van der Waals surface area contributed by atoms with E-state index in [0.29, 0.717) is 24.5 Å². The summed E-state index contributed by atoms with van der Waals surface area (Å²) in [6, 6.07) is 14.0. The molecule has 3 heteroatoms. The van der Waals surface area contributed by atoms with Crippen molar-refractivity contribution in [2.45, 2.75) is 6.92 Å². The Labute approximate surface area is 112 Å². The van der Waals surface area contributed by atoms with Gasteiger partial charge in [0.2, 0.25) is 0 Å². The summed E-state index contributed by atoms with van der Waals surface area (Å²) in [6.07, 6.45) is 0. The van der Waals surface area contributed by atoms with Crippen LogP contribution in [-0.4, -0.2) is 19.1 Å². The normalized spacial score (nSPS) is 14.1. The van der Waals surface area contributed by atoms with Crippen LogP contribution < -0.4 is 10.1 Å². The summed E-state index contributed by atoms with van der Waals surface area (Å²) in [7, 11) is 0. The van der Waals surface area contributed by atoms with Crippen LogP contribution in [0.1, 0.15) is 15.9 Å². The number of nitrogens with one attached hydrogen (secondary N) is 1. The number of benzene rings is 2. The Kier molecular flexibility index (Phi) is 2.95. The summed E-state index contributed by atoms with van der Waals surface area (Å²) in [5.74, 6) is 0.590. The van der Waals surface area contributed by atoms with Gasteiger partial charge in [0.15, 0.2) is 0 Å². The first-order chi connectivity index (χ1) is 9.24. The minimum Gasteiger partial charge on any atom is -0.491 e. The van der Waals surface area contributed by atoms with Crippen molar-refractivity contribution >= 4 is 5.91 Å². The molecule has 0 saturated heterocycles. The summed E-state index contributed by atoms with van der Waals surface area (Å²) in [5, 5.41) is 2.82. The second-order valence-corrected chi connectivity index (χ2v) is 4.68. The topological polar surface area (TPSA) is 38.3 Å². The number of hydrogen-bond donors (Lipinski definition) is 1. The fourth-order valence-electron chi connectivity index (χ4n) is 2.18. The van der Waals surface area contributed by atoms with E-state index in [0.717, 1.165) is 11.1 Å². The van der Waals surface area contributed by atoms with E-state index >= 15 is 0 Å². The van der Waals surface area contributed by atoms with Gasteiger partial charge in [0.25, 0.3) is 5.91 Å². The maximum Gasteiger partial charge on any atom is 0.255 e. The molecule has 3 rings (SSSR count). The van der Waals surface area contributed by atoms with E-state index in [-0.39, 0.29) is 5.91 Å². The summed E-state index contributed by atoms with van der Waals surface area (Å²) in [4.78, 5) is 12.0. The van der Waals surface area contributed by atoms with E-state index in [1.807, 2.05) is 18.2 Å². The SMILES string of the molecule is Cc1ccc(-c2ccc3c(c2)C(=O)NCCO3)cc1. The lowest BCUT2D eigenvalue weighted by Gasteiger charge is -2.08. The highest BCUT2D eigenvalue weighted by Crippen LogP contribution is 2.27. The van der Waals surface area contributed by atoms with Gasteiger partial charge in [-0.3, -0.25) is 4.79 Å². The molecule has 2 aromatic carbocycles. The molecule has 1 heterocycles. The number of carbonyl (C=O) groups excluding carboxylic acids is 1. The van der Waals surface area contributed by atoms with Gasteiger partial charge in [0, 0.05) is 0 Å². The highest BCUT2D eigenvalue weighted by atomic mass is 16.5. The molecule has 1 N–H and O–H groups in total. The molecule has 2 aromatic rings. The second kappa shape index (κ2) is 4.76. The van der Waals surface area contributed by atoms with Crippen LogP contribution in [0.5, 0.6) is 5.75 Å². The first-order valence-electron chi connectivity index (χ1n) is 6.36. The van der Waals surface area contributed by atoms with Gasteiger partial charge in [0.05, 0.1) is 12.1 Å². The van der Waals surface area contributed by atoms with Gasteiger partial charge in [0.1, 0.15) is 12.4 Å². The van der Waals surface area contributed by atoms with Crippen LogP contribution in [0.3, 0.4) is 0 Å². The molecule has 0 saturated carbocycles. The third kappa shape index (κ3) is 2.32. The van der Waals surface area contributed by atoms with Gasteiger partial charge >= 0.3 is 0 Å². The summed E-state index contributed by atoms with van der Waals surface area (Å²) in [6.45, 7) is 3.12. The van der Waals surface area contributed by atoms with Crippen molar-refractivity contribution < 1.29 is 9.53 Å². The fourth-order valence-corrected chi connectivity index (χ4v) is 2.18. The number of ether oxygens (including phenoxy) is 1. The first-order valence-corrected chi connectivity index (χ1v) is 6.36. The van der Waals surface area contributed by atoms with Crippen molar-refractivity contribution in [3.05, 3.63) is 53.6 Å². The van der Waals surface area contributed by atoms with E-state index in [9.17, 15) is 4.79 Å².